The van der Waals surface area contributed by atoms with Crippen molar-refractivity contribution in [1.82, 2.24) is 0 Å². The fourth-order valence-electron chi connectivity index (χ4n) is 6.41. The zero-order valence-electron chi connectivity index (χ0n) is 32.1. The summed E-state index contributed by atoms with van der Waals surface area (Å²) in [5, 5.41) is 28.6. The zero-order chi connectivity index (χ0) is 39.0. The molecular weight excluding hydrogens is 669 g/mol. The van der Waals surface area contributed by atoms with Gasteiger partial charge in [0.05, 0.1) is 18.2 Å². The first-order chi connectivity index (χ1) is 26.4. The molecule has 0 aliphatic heterocycles. The molecule has 6 nitrogen and oxygen atoms in total. The Morgan fingerprint density at radius 2 is 1.41 bits per heavy atom. The Morgan fingerprint density at radius 1 is 0.759 bits per heavy atom. The predicted molar refractivity (Wildman–Crippen MR) is 219 cm³/mol. The maximum absolute atomic E-state index is 12.0. The highest BCUT2D eigenvalue weighted by molar-refractivity contribution is 6.04. The van der Waals surface area contributed by atoms with Gasteiger partial charge in [0, 0.05) is 17.2 Å². The van der Waals surface area contributed by atoms with E-state index in [1.54, 1.807) is 12.1 Å². The van der Waals surface area contributed by atoms with Crippen LogP contribution in [0.3, 0.4) is 0 Å². The molecule has 0 amide bonds. The van der Waals surface area contributed by atoms with Crippen LogP contribution >= 0.6 is 0 Å². The van der Waals surface area contributed by atoms with E-state index in [1.165, 1.54) is 44.6 Å². The summed E-state index contributed by atoms with van der Waals surface area (Å²) in [7, 11) is 0. The highest BCUT2D eigenvalue weighted by Gasteiger charge is 2.21. The molecule has 0 radical (unpaired) electrons. The summed E-state index contributed by atoms with van der Waals surface area (Å²) in [4.78, 5) is 23.8. The standard InChI is InChI=1S/2C24H27NO2/c1-3-5-11-18(4-2)16-20-14-9-10-15-21(20)23(22(17-25)24(26)27)19-12-7-6-8-13-19;1-2-3-4-5-6-10-18-27-24(26)17-16-23-21(19-25)14-11-15-22(23)20-12-8-7-9-13-20/h6-10,12-15,18H,3-5,11,16H2,1-2H3,(H,26,27);7-9,11-17H,2-6,10,18H2,1H3. The van der Waals surface area contributed by atoms with Gasteiger partial charge in [0.1, 0.15) is 11.6 Å². The summed E-state index contributed by atoms with van der Waals surface area (Å²) >= 11 is 0. The third kappa shape index (κ3) is 13.7. The highest BCUT2D eigenvalue weighted by Crippen LogP contribution is 2.32. The van der Waals surface area contributed by atoms with Crippen molar-refractivity contribution in [3.8, 4) is 23.3 Å². The maximum atomic E-state index is 12.0. The lowest BCUT2D eigenvalue weighted by Gasteiger charge is -2.19. The molecule has 54 heavy (non-hydrogen) atoms. The molecule has 0 saturated heterocycles. The smallest absolute Gasteiger partial charge is 0.347 e. The van der Waals surface area contributed by atoms with Crippen LogP contribution in [0.1, 0.15) is 113 Å². The number of nitrogens with zero attached hydrogens (tertiary/aromatic N) is 2. The number of carbonyl (C=O) groups is 2. The number of carboxylic acids is 1. The minimum absolute atomic E-state index is 0.213. The third-order valence-corrected chi connectivity index (χ3v) is 9.42. The summed E-state index contributed by atoms with van der Waals surface area (Å²) in [6, 6.07) is 36.8. The van der Waals surface area contributed by atoms with E-state index in [2.05, 4.69) is 32.9 Å². The SMILES string of the molecule is CCCCC(CC)Cc1ccccc1C(=C(C#N)C(=O)O)c1ccccc1.CCCCCCCCOC(=O)C=Cc1c(C#N)cccc1-c1ccccc1. The molecule has 0 aromatic heterocycles. The number of esters is 1. The van der Waals surface area contributed by atoms with Crippen LogP contribution in [0.15, 0.2) is 115 Å². The molecule has 0 fully saturated rings. The lowest BCUT2D eigenvalue weighted by molar-refractivity contribution is -0.137. The van der Waals surface area contributed by atoms with E-state index in [1.807, 2.05) is 97.1 Å². The number of rotatable bonds is 19. The average molecular weight is 723 g/mol. The van der Waals surface area contributed by atoms with Gasteiger partial charge < -0.3 is 9.84 Å². The molecule has 0 bridgehead atoms. The van der Waals surface area contributed by atoms with Gasteiger partial charge in [-0.3, -0.25) is 0 Å². The highest BCUT2D eigenvalue weighted by atomic mass is 16.5. The quantitative estimate of drug-likeness (QED) is 0.0446. The van der Waals surface area contributed by atoms with Gasteiger partial charge in [0.25, 0.3) is 0 Å². The van der Waals surface area contributed by atoms with E-state index < -0.39 is 5.97 Å². The van der Waals surface area contributed by atoms with E-state index >= 15 is 0 Å². The van der Waals surface area contributed by atoms with Gasteiger partial charge >= 0.3 is 11.9 Å². The van der Waals surface area contributed by atoms with Gasteiger partial charge in [0.15, 0.2) is 0 Å². The molecule has 0 heterocycles. The van der Waals surface area contributed by atoms with Gasteiger partial charge in [-0.05, 0) is 58.7 Å². The molecule has 4 aromatic carbocycles. The second-order valence-corrected chi connectivity index (χ2v) is 13.3. The minimum Gasteiger partial charge on any atom is -0.477 e. The normalized spacial score (nSPS) is 11.7. The topological polar surface area (TPSA) is 111 Å². The largest absolute Gasteiger partial charge is 0.477 e. The Kier molecular flexibility index (Phi) is 19.4. The van der Waals surface area contributed by atoms with Crippen molar-refractivity contribution in [2.45, 2.75) is 91.4 Å². The Bertz CT molecular complexity index is 1900. The van der Waals surface area contributed by atoms with Crippen molar-refractivity contribution in [1.29, 1.82) is 10.5 Å². The Morgan fingerprint density at radius 3 is 2.06 bits per heavy atom. The molecule has 1 N–H and O–H groups in total. The van der Waals surface area contributed by atoms with Crippen LogP contribution in [0, 0.1) is 28.6 Å². The van der Waals surface area contributed by atoms with Gasteiger partial charge in [0.2, 0.25) is 0 Å². The molecule has 6 heteroatoms. The predicted octanol–water partition coefficient (Wildman–Crippen LogP) is 12.0. The monoisotopic (exact) mass is 722 g/mol. The number of nitriles is 2. The fraction of sp³-hybridized carbons (Fsp3) is 0.333. The first-order valence-electron chi connectivity index (χ1n) is 19.3. The van der Waals surface area contributed by atoms with E-state index in [-0.39, 0.29) is 11.5 Å². The number of ether oxygens (including phenoxy) is 1. The van der Waals surface area contributed by atoms with Gasteiger partial charge in [-0.15, -0.1) is 0 Å². The molecule has 280 valence electrons. The third-order valence-electron chi connectivity index (χ3n) is 9.42. The summed E-state index contributed by atoms with van der Waals surface area (Å²) in [6.45, 7) is 7.04. The van der Waals surface area contributed by atoms with E-state index in [0.29, 0.717) is 23.7 Å². The molecule has 0 spiro atoms. The molecule has 1 atom stereocenters. The lowest BCUT2D eigenvalue weighted by atomic mass is 9.85. The molecular formula is C48H54N2O4. The van der Waals surface area contributed by atoms with Crippen molar-refractivity contribution in [2.75, 3.05) is 6.61 Å². The van der Waals surface area contributed by atoms with Gasteiger partial charge in [-0.2, -0.15) is 10.5 Å². The minimum atomic E-state index is -1.19. The Hall–Kier alpha value is -5.72. The van der Waals surface area contributed by atoms with Crippen LogP contribution in [0.2, 0.25) is 0 Å². The van der Waals surface area contributed by atoms with E-state index in [0.717, 1.165) is 65.5 Å². The van der Waals surface area contributed by atoms with Crippen LogP contribution in [-0.2, 0) is 20.7 Å². The Balaban J connectivity index is 0.000000290. The van der Waals surface area contributed by atoms with E-state index in [9.17, 15) is 25.2 Å². The summed E-state index contributed by atoms with van der Waals surface area (Å²) in [5.41, 5.74) is 6.21. The number of aliphatic carboxylic acids is 1. The fourth-order valence-corrected chi connectivity index (χ4v) is 6.41. The number of hydrogen-bond acceptors (Lipinski definition) is 5. The number of carboxylic acid groups (broad SMARTS) is 1. The number of unbranched alkanes of at least 4 members (excludes halogenated alkanes) is 6. The van der Waals surface area contributed by atoms with Crippen molar-refractivity contribution < 1.29 is 19.4 Å². The lowest BCUT2D eigenvalue weighted by Crippen LogP contribution is -2.09. The van der Waals surface area contributed by atoms with Crippen LogP contribution < -0.4 is 0 Å². The van der Waals surface area contributed by atoms with Crippen molar-refractivity contribution in [3.05, 3.63) is 143 Å². The first kappa shape index (κ1) is 42.7. The zero-order valence-corrected chi connectivity index (χ0v) is 32.1. The summed E-state index contributed by atoms with van der Waals surface area (Å²) in [5.74, 6) is -1.00. The van der Waals surface area contributed by atoms with Crippen molar-refractivity contribution in [3.63, 3.8) is 0 Å². The van der Waals surface area contributed by atoms with Gasteiger partial charge in [-0.1, -0.05) is 176 Å². The number of benzene rings is 4. The molecule has 4 rings (SSSR count). The average Bonchev–Trinajstić information content (AvgIpc) is 3.21. The van der Waals surface area contributed by atoms with Crippen LogP contribution in [0.25, 0.3) is 22.8 Å². The molecule has 1 unspecified atom stereocenters. The van der Waals surface area contributed by atoms with Crippen LogP contribution in [0.5, 0.6) is 0 Å². The number of hydrogen-bond donors (Lipinski definition) is 1. The summed E-state index contributed by atoms with van der Waals surface area (Å²) < 4.78 is 5.28. The molecule has 0 saturated carbocycles. The second kappa shape index (κ2) is 24.5. The van der Waals surface area contributed by atoms with Gasteiger partial charge in [-0.25, -0.2) is 9.59 Å². The van der Waals surface area contributed by atoms with Crippen molar-refractivity contribution >= 4 is 23.6 Å². The Labute approximate surface area is 322 Å². The van der Waals surface area contributed by atoms with Crippen LogP contribution in [0.4, 0.5) is 0 Å². The molecule has 0 aliphatic rings. The van der Waals surface area contributed by atoms with Crippen molar-refractivity contribution in [2.24, 2.45) is 5.92 Å². The number of carbonyl (C=O) groups excluding carboxylic acids is 1. The first-order valence-corrected chi connectivity index (χ1v) is 19.3. The summed E-state index contributed by atoms with van der Waals surface area (Å²) in [6.07, 6.45) is 15.5. The van der Waals surface area contributed by atoms with Crippen LogP contribution in [-0.4, -0.2) is 23.7 Å². The maximum Gasteiger partial charge on any atom is 0.347 e. The molecule has 4 aromatic rings. The molecule has 0 aliphatic carbocycles. The van der Waals surface area contributed by atoms with E-state index in [4.69, 9.17) is 4.74 Å². The second-order valence-electron chi connectivity index (χ2n) is 13.3.